The van der Waals surface area contributed by atoms with Crippen LogP contribution in [0.4, 0.5) is 101 Å². The van der Waals surface area contributed by atoms with Gasteiger partial charge in [0.2, 0.25) is 0 Å². The molecule has 4 nitrogen and oxygen atoms in total. The number of nitrogens with zero attached hydrogens (tertiary/aromatic N) is 1. The fourth-order valence-corrected chi connectivity index (χ4v) is 3.42. The Labute approximate surface area is 239 Å². The largest absolute Gasteiger partial charge is 0.438 e. The highest BCUT2D eigenvalue weighted by atomic mass is 19.4. The van der Waals surface area contributed by atoms with E-state index in [1.54, 1.807) is 0 Å². The van der Waals surface area contributed by atoms with E-state index < -0.39 is 117 Å². The van der Waals surface area contributed by atoms with Gasteiger partial charge in [-0.3, -0.25) is 4.90 Å². The molecule has 1 unspecified atom stereocenters. The third kappa shape index (κ3) is 6.61. The maximum absolute atomic E-state index is 14.0. The Morgan fingerprint density at radius 1 is 0.413 bits per heavy atom. The number of rotatable bonds is 17. The van der Waals surface area contributed by atoms with Crippen LogP contribution in [-0.2, 0) is 0 Å². The number of aliphatic hydroxyl groups is 3. The summed E-state index contributed by atoms with van der Waals surface area (Å²) in [7, 11) is 0. The molecule has 1 atom stereocenters. The van der Waals surface area contributed by atoms with E-state index in [2.05, 4.69) is 0 Å². The zero-order valence-electron chi connectivity index (χ0n) is 21.5. The molecule has 0 aliphatic rings. The van der Waals surface area contributed by atoms with Crippen molar-refractivity contribution in [1.82, 2.24) is 4.90 Å². The molecule has 0 bridgehead atoms. The summed E-state index contributed by atoms with van der Waals surface area (Å²) in [4.78, 5) is 0.852. The van der Waals surface area contributed by atoms with Crippen molar-refractivity contribution in [2.75, 3.05) is 32.8 Å². The maximum Gasteiger partial charge on any atom is 0.438 e. The molecular formula is C19H18F23NO3. The van der Waals surface area contributed by atoms with Crippen LogP contribution >= 0.6 is 0 Å². The van der Waals surface area contributed by atoms with Gasteiger partial charge in [-0.15, -0.1) is 0 Å². The second kappa shape index (κ2) is 12.9. The first-order valence-corrected chi connectivity index (χ1v) is 11.4. The first kappa shape index (κ1) is 44.2. The molecule has 3 N–H and O–H groups in total. The van der Waals surface area contributed by atoms with E-state index in [4.69, 9.17) is 10.2 Å². The molecule has 0 saturated heterocycles. The van der Waals surface area contributed by atoms with Gasteiger partial charge in [-0.25, -0.2) is 4.39 Å². The first-order chi connectivity index (χ1) is 19.9. The Morgan fingerprint density at radius 3 is 0.978 bits per heavy atom. The summed E-state index contributed by atoms with van der Waals surface area (Å²) >= 11 is 0. The van der Waals surface area contributed by atoms with Crippen LogP contribution in [0.5, 0.6) is 0 Å². The van der Waals surface area contributed by atoms with Crippen LogP contribution in [0.3, 0.4) is 0 Å². The highest BCUT2D eigenvalue weighted by Crippen LogP contribution is 2.68. The molecule has 0 aliphatic carbocycles. The molecule has 0 amide bonds. The Hall–Kier alpha value is -1.77. The normalized spacial score (nSPS) is 16.8. The van der Waals surface area contributed by atoms with Crippen molar-refractivity contribution in [3.05, 3.63) is 0 Å². The quantitative estimate of drug-likeness (QED) is 0.153. The number of hydrogen-bond donors (Lipinski definition) is 3. The number of aliphatic hydroxyl groups excluding tert-OH is 3. The smallest absolute Gasteiger partial charge is 0.395 e. The van der Waals surface area contributed by atoms with E-state index in [0.29, 0.717) is 0 Å². The van der Waals surface area contributed by atoms with Crippen molar-refractivity contribution in [2.24, 2.45) is 0 Å². The summed E-state index contributed by atoms with van der Waals surface area (Å²) in [6, 6.07) is 0. The van der Waals surface area contributed by atoms with E-state index in [1.807, 2.05) is 0 Å². The fourth-order valence-electron chi connectivity index (χ4n) is 3.42. The second-order valence-corrected chi connectivity index (χ2v) is 9.31. The lowest BCUT2D eigenvalue weighted by molar-refractivity contribution is -0.481. The van der Waals surface area contributed by atoms with Gasteiger partial charge < -0.3 is 15.3 Å². The van der Waals surface area contributed by atoms with Crippen molar-refractivity contribution in [3.63, 3.8) is 0 Å². The standard InChI is InChI=1S/C19H18F23NO3/c20-9(21,7-8(46)1-2-43(3-5-44)4-6-45)11(23,24)13(27,28)15(31,32)17(35,36)16(33,34)14(29,30)12(25,26)10(22,18(37,38)39)19(40,41)42/h8,44-46H,1-7H2. The summed E-state index contributed by atoms with van der Waals surface area (Å²) in [5.74, 6) is -71.2. The van der Waals surface area contributed by atoms with Gasteiger partial charge in [0.05, 0.1) is 19.3 Å². The molecule has 0 rings (SSSR count). The van der Waals surface area contributed by atoms with Crippen molar-refractivity contribution in [2.45, 2.75) is 84.3 Å². The molecular weight excluding hydrogens is 727 g/mol. The Morgan fingerprint density at radius 2 is 0.696 bits per heavy atom. The lowest BCUT2D eigenvalue weighted by Crippen LogP contribution is -2.79. The average molecular weight is 745 g/mol. The summed E-state index contributed by atoms with van der Waals surface area (Å²) in [5.41, 5.74) is -9.06. The van der Waals surface area contributed by atoms with Crippen LogP contribution in [0.2, 0.25) is 0 Å². The molecule has 0 radical (unpaired) electrons. The number of hydrogen-bond acceptors (Lipinski definition) is 4. The zero-order valence-corrected chi connectivity index (χ0v) is 21.5. The molecule has 46 heavy (non-hydrogen) atoms. The predicted molar refractivity (Wildman–Crippen MR) is 101 cm³/mol. The fraction of sp³-hybridized carbons (Fsp3) is 1.00. The van der Waals surface area contributed by atoms with E-state index in [9.17, 15) is 106 Å². The SMILES string of the molecule is OCCN(CCO)CCC(O)CC(F)(F)C(F)(F)C(F)(F)C(F)(F)C(F)(F)C(F)(F)C(F)(F)C(F)(F)C(F)(C(F)(F)F)C(F)(F)F. The van der Waals surface area contributed by atoms with E-state index in [1.165, 1.54) is 0 Å². The molecule has 278 valence electrons. The van der Waals surface area contributed by atoms with Crippen molar-refractivity contribution >= 4 is 0 Å². The minimum Gasteiger partial charge on any atom is -0.395 e. The zero-order chi connectivity index (χ0) is 37.6. The predicted octanol–water partition coefficient (Wildman–Crippen LogP) is 6.33. The van der Waals surface area contributed by atoms with Gasteiger partial charge in [-0.2, -0.15) is 96.6 Å². The maximum atomic E-state index is 14.0. The summed E-state index contributed by atoms with van der Waals surface area (Å²) in [5, 5.41) is 26.9. The molecule has 0 heterocycles. The Balaban J connectivity index is 6.89. The second-order valence-electron chi connectivity index (χ2n) is 9.31. The molecule has 0 spiro atoms. The lowest BCUT2D eigenvalue weighted by Gasteiger charge is -2.46. The minimum absolute atomic E-state index is 0.452. The van der Waals surface area contributed by atoms with Gasteiger partial charge in [0, 0.05) is 26.1 Å². The molecule has 0 saturated carbocycles. The van der Waals surface area contributed by atoms with Crippen LogP contribution in [0.25, 0.3) is 0 Å². The third-order valence-corrected chi connectivity index (χ3v) is 6.14. The molecule has 0 aromatic carbocycles. The Bertz CT molecular complexity index is 988. The highest BCUT2D eigenvalue weighted by molar-refractivity contribution is 5.20. The van der Waals surface area contributed by atoms with Gasteiger partial charge in [-0.05, 0) is 6.42 Å². The molecule has 0 fully saturated rings. The van der Waals surface area contributed by atoms with Gasteiger partial charge in [-0.1, -0.05) is 0 Å². The van der Waals surface area contributed by atoms with E-state index in [-0.39, 0.29) is 0 Å². The van der Waals surface area contributed by atoms with E-state index >= 15 is 0 Å². The van der Waals surface area contributed by atoms with Gasteiger partial charge in [0.1, 0.15) is 0 Å². The number of alkyl halides is 23. The van der Waals surface area contributed by atoms with Crippen LogP contribution in [-0.4, -0.2) is 125 Å². The molecule has 0 aromatic heterocycles. The van der Waals surface area contributed by atoms with Crippen LogP contribution in [0, 0.1) is 0 Å². The average Bonchev–Trinajstić information content (AvgIpc) is 2.84. The Kier molecular flexibility index (Phi) is 12.4. The van der Waals surface area contributed by atoms with Crippen LogP contribution in [0.15, 0.2) is 0 Å². The highest BCUT2D eigenvalue weighted by Gasteiger charge is 3.00. The van der Waals surface area contributed by atoms with Crippen molar-refractivity contribution < 1.29 is 116 Å². The minimum atomic E-state index is -9.53. The number of halogens is 23. The van der Waals surface area contributed by atoms with Gasteiger partial charge in [0.15, 0.2) is 0 Å². The molecule has 0 aliphatic heterocycles. The van der Waals surface area contributed by atoms with Crippen LogP contribution < -0.4 is 0 Å². The molecule has 27 heteroatoms. The summed E-state index contributed by atoms with van der Waals surface area (Å²) in [6.45, 7) is -3.22. The topological polar surface area (TPSA) is 63.9 Å². The monoisotopic (exact) mass is 745 g/mol. The first-order valence-electron chi connectivity index (χ1n) is 11.4. The van der Waals surface area contributed by atoms with Gasteiger partial charge >= 0.3 is 65.4 Å². The summed E-state index contributed by atoms with van der Waals surface area (Å²) in [6.07, 6.45) is -24.7. The summed E-state index contributed by atoms with van der Waals surface area (Å²) < 4.78 is 310. The van der Waals surface area contributed by atoms with Crippen LogP contribution in [0.1, 0.15) is 12.8 Å². The molecule has 0 aromatic rings. The third-order valence-electron chi connectivity index (χ3n) is 6.14. The lowest BCUT2D eigenvalue weighted by atomic mass is 9.82. The van der Waals surface area contributed by atoms with Crippen molar-refractivity contribution in [3.8, 4) is 0 Å². The van der Waals surface area contributed by atoms with Gasteiger partial charge in [0.25, 0.3) is 0 Å². The van der Waals surface area contributed by atoms with Crippen molar-refractivity contribution in [1.29, 1.82) is 0 Å². The van der Waals surface area contributed by atoms with E-state index in [0.717, 1.165) is 4.90 Å².